The topological polar surface area (TPSA) is 52.3 Å². The predicted molar refractivity (Wildman–Crippen MR) is 128 cm³/mol. The van der Waals surface area contributed by atoms with Crippen LogP contribution in [0.3, 0.4) is 0 Å². The van der Waals surface area contributed by atoms with E-state index in [4.69, 9.17) is 9.72 Å². The smallest absolute Gasteiger partial charge is 0.223 e. The number of methoxy groups -OCH3 is 1. The standard InChI is InChI=1S/C21H18N4OS.2BrH/c1-26-19-11-9-17(10-12-19)20-24-21(23-15-16-6-5-13-22-14-16)27-25(20)18-7-3-2-4-8-18;;/h2-14H,15H2,1H3;2*1H/b23-21-;;. The molecular weight excluding hydrogens is 516 g/mol. The largest absolute Gasteiger partial charge is 0.497 e. The highest BCUT2D eigenvalue weighted by molar-refractivity contribution is 8.93. The number of nitrogens with zero attached hydrogens (tertiary/aromatic N) is 4. The van der Waals surface area contributed by atoms with Gasteiger partial charge in [0.05, 0.1) is 19.3 Å². The van der Waals surface area contributed by atoms with Crippen LogP contribution >= 0.6 is 45.5 Å². The third-order valence-corrected chi connectivity index (χ3v) is 4.98. The van der Waals surface area contributed by atoms with Crippen LogP contribution in [-0.4, -0.2) is 21.0 Å². The molecular formula is C21H20Br2N4OS. The van der Waals surface area contributed by atoms with Crippen LogP contribution in [0.15, 0.2) is 84.1 Å². The maximum atomic E-state index is 5.26. The Morgan fingerprint density at radius 2 is 1.72 bits per heavy atom. The summed E-state index contributed by atoms with van der Waals surface area (Å²) in [6.07, 6.45) is 3.59. The molecule has 0 aliphatic carbocycles. The maximum Gasteiger partial charge on any atom is 0.223 e. The summed E-state index contributed by atoms with van der Waals surface area (Å²) in [5, 5.41) is 0. The van der Waals surface area contributed by atoms with E-state index in [1.54, 1.807) is 13.3 Å². The summed E-state index contributed by atoms with van der Waals surface area (Å²) in [6, 6.07) is 22.0. The molecule has 4 rings (SSSR count). The lowest BCUT2D eigenvalue weighted by Gasteiger charge is -2.06. The zero-order chi connectivity index (χ0) is 18.5. The number of hydrogen-bond donors (Lipinski definition) is 0. The summed E-state index contributed by atoms with van der Waals surface area (Å²) in [5.74, 6) is 1.68. The molecule has 0 amide bonds. The first-order valence-electron chi connectivity index (χ1n) is 8.53. The van der Waals surface area contributed by atoms with Gasteiger partial charge in [0.25, 0.3) is 0 Å². The van der Waals surface area contributed by atoms with Crippen molar-refractivity contribution < 1.29 is 4.74 Å². The van der Waals surface area contributed by atoms with E-state index in [1.165, 1.54) is 11.5 Å². The molecule has 0 N–H and O–H groups in total. The molecule has 0 unspecified atom stereocenters. The fourth-order valence-electron chi connectivity index (χ4n) is 2.66. The highest BCUT2D eigenvalue weighted by Gasteiger charge is 2.11. The van der Waals surface area contributed by atoms with Crippen molar-refractivity contribution in [1.82, 2.24) is 13.9 Å². The van der Waals surface area contributed by atoms with E-state index in [9.17, 15) is 0 Å². The van der Waals surface area contributed by atoms with E-state index in [2.05, 4.69) is 26.1 Å². The molecule has 2 heterocycles. The number of hydrogen-bond acceptors (Lipinski definition) is 5. The van der Waals surface area contributed by atoms with Gasteiger partial charge in [0.15, 0.2) is 5.82 Å². The van der Waals surface area contributed by atoms with Gasteiger partial charge >= 0.3 is 0 Å². The van der Waals surface area contributed by atoms with Crippen molar-refractivity contribution in [2.24, 2.45) is 4.99 Å². The van der Waals surface area contributed by atoms with Crippen molar-refractivity contribution >= 4 is 45.5 Å². The molecule has 29 heavy (non-hydrogen) atoms. The molecule has 0 atom stereocenters. The third kappa shape index (κ3) is 5.62. The minimum Gasteiger partial charge on any atom is -0.497 e. The van der Waals surface area contributed by atoms with Crippen molar-refractivity contribution in [3.8, 4) is 22.8 Å². The Kier molecular flexibility index (Phi) is 8.75. The Labute approximate surface area is 194 Å². The lowest BCUT2D eigenvalue weighted by Crippen LogP contribution is -1.99. The molecule has 150 valence electrons. The molecule has 0 bridgehead atoms. The van der Waals surface area contributed by atoms with E-state index in [0.717, 1.165) is 33.2 Å². The van der Waals surface area contributed by atoms with Crippen LogP contribution in [0.2, 0.25) is 0 Å². The summed E-state index contributed by atoms with van der Waals surface area (Å²) >= 11 is 1.52. The number of ether oxygens (including phenoxy) is 1. The first kappa shape index (κ1) is 23.0. The van der Waals surface area contributed by atoms with Gasteiger partial charge in [-0.1, -0.05) is 24.3 Å². The first-order chi connectivity index (χ1) is 13.3. The lowest BCUT2D eigenvalue weighted by atomic mass is 10.2. The lowest BCUT2D eigenvalue weighted by molar-refractivity contribution is 0.415. The number of para-hydroxylation sites is 1. The second kappa shape index (κ2) is 11.0. The Hall–Kier alpha value is -2.29. The average Bonchev–Trinajstić information content (AvgIpc) is 3.18. The summed E-state index contributed by atoms with van der Waals surface area (Å²) in [6.45, 7) is 0.554. The number of pyridine rings is 1. The summed E-state index contributed by atoms with van der Waals surface area (Å²) in [5.41, 5.74) is 3.13. The van der Waals surface area contributed by atoms with Gasteiger partial charge in [0.2, 0.25) is 4.80 Å². The fraction of sp³-hybridized carbons (Fsp3) is 0.0952. The van der Waals surface area contributed by atoms with E-state index in [1.807, 2.05) is 60.8 Å². The molecule has 2 aromatic heterocycles. The van der Waals surface area contributed by atoms with Crippen LogP contribution in [0, 0.1) is 0 Å². The fourth-order valence-corrected chi connectivity index (χ4v) is 3.53. The van der Waals surface area contributed by atoms with Crippen LogP contribution < -0.4 is 9.54 Å². The van der Waals surface area contributed by atoms with Crippen LogP contribution in [0.4, 0.5) is 0 Å². The zero-order valence-electron chi connectivity index (χ0n) is 15.6. The predicted octanol–water partition coefficient (Wildman–Crippen LogP) is 5.26. The normalized spacial score (nSPS) is 10.7. The van der Waals surface area contributed by atoms with E-state index >= 15 is 0 Å². The maximum absolute atomic E-state index is 5.26. The van der Waals surface area contributed by atoms with Gasteiger partial charge in [-0.25, -0.2) is 3.96 Å². The Morgan fingerprint density at radius 3 is 2.38 bits per heavy atom. The van der Waals surface area contributed by atoms with Crippen molar-refractivity contribution in [1.29, 1.82) is 0 Å². The summed E-state index contributed by atoms with van der Waals surface area (Å²) < 4.78 is 7.36. The van der Waals surface area contributed by atoms with Crippen LogP contribution in [0.1, 0.15) is 5.56 Å². The van der Waals surface area contributed by atoms with Crippen molar-refractivity contribution in [3.05, 3.63) is 89.5 Å². The van der Waals surface area contributed by atoms with Crippen molar-refractivity contribution in [3.63, 3.8) is 0 Å². The quantitative estimate of drug-likeness (QED) is 0.350. The van der Waals surface area contributed by atoms with Gasteiger partial charge in [-0.2, -0.15) is 4.98 Å². The molecule has 0 saturated carbocycles. The first-order valence-corrected chi connectivity index (χ1v) is 9.30. The van der Waals surface area contributed by atoms with E-state index < -0.39 is 0 Å². The molecule has 0 spiro atoms. The molecule has 0 aliphatic rings. The van der Waals surface area contributed by atoms with Gasteiger partial charge in [-0.15, -0.1) is 34.0 Å². The Morgan fingerprint density at radius 1 is 0.966 bits per heavy atom. The molecule has 0 fully saturated rings. The highest BCUT2D eigenvalue weighted by Crippen LogP contribution is 2.24. The van der Waals surface area contributed by atoms with Gasteiger partial charge in [0, 0.05) is 18.0 Å². The second-order valence-corrected chi connectivity index (χ2v) is 6.76. The van der Waals surface area contributed by atoms with Crippen molar-refractivity contribution in [2.45, 2.75) is 6.54 Å². The number of benzene rings is 2. The molecule has 8 heteroatoms. The molecule has 0 aliphatic heterocycles. The highest BCUT2D eigenvalue weighted by atomic mass is 79.9. The van der Waals surface area contributed by atoms with Crippen LogP contribution in [0.5, 0.6) is 5.75 Å². The van der Waals surface area contributed by atoms with Gasteiger partial charge in [-0.05, 0) is 59.6 Å². The second-order valence-electron chi connectivity index (χ2n) is 5.85. The molecule has 0 radical (unpaired) electrons. The minimum atomic E-state index is 0. The van der Waals surface area contributed by atoms with Crippen molar-refractivity contribution in [2.75, 3.05) is 7.11 Å². The Bertz CT molecular complexity index is 1080. The molecule has 2 aromatic carbocycles. The Balaban J connectivity index is 0.00000150. The van der Waals surface area contributed by atoms with E-state index in [-0.39, 0.29) is 34.0 Å². The minimum absolute atomic E-state index is 0. The van der Waals surface area contributed by atoms with E-state index in [0.29, 0.717) is 6.54 Å². The number of aromatic nitrogens is 3. The van der Waals surface area contributed by atoms with Crippen LogP contribution in [0.25, 0.3) is 17.1 Å². The molecule has 5 nitrogen and oxygen atoms in total. The SMILES string of the molecule is Br.Br.COc1ccc(-c2n/c(=N/Cc3cccnc3)sn2-c2ccccc2)cc1. The molecule has 0 saturated heterocycles. The number of halogens is 2. The van der Waals surface area contributed by atoms with Gasteiger partial charge in [-0.3, -0.25) is 9.98 Å². The monoisotopic (exact) mass is 534 g/mol. The van der Waals surface area contributed by atoms with Gasteiger partial charge < -0.3 is 4.74 Å². The van der Waals surface area contributed by atoms with Gasteiger partial charge in [0.1, 0.15) is 5.75 Å². The number of rotatable bonds is 5. The summed E-state index contributed by atoms with van der Waals surface area (Å²) in [7, 11) is 1.66. The summed E-state index contributed by atoms with van der Waals surface area (Å²) in [4.78, 5) is 14.3. The van der Waals surface area contributed by atoms with Crippen LogP contribution in [-0.2, 0) is 6.54 Å². The zero-order valence-corrected chi connectivity index (χ0v) is 19.9. The molecule has 4 aromatic rings. The average molecular weight is 536 g/mol. The third-order valence-electron chi connectivity index (χ3n) is 4.03.